The molecule has 0 spiro atoms. The van der Waals surface area contributed by atoms with E-state index < -0.39 is 23.0 Å². The lowest BCUT2D eigenvalue weighted by Gasteiger charge is -2.40. The first-order valence-electron chi connectivity index (χ1n) is 6.17. The van der Waals surface area contributed by atoms with Gasteiger partial charge in [-0.25, -0.2) is 8.78 Å². The van der Waals surface area contributed by atoms with Crippen molar-refractivity contribution in [2.24, 2.45) is 11.1 Å². The Balaban J connectivity index is 2.26. The molecule has 2 N–H and O–H groups in total. The molecule has 0 aromatic heterocycles. The first kappa shape index (κ1) is 13.1. The standard InChI is InChI=1S/C14H17F2NO/c1-9-3-4-10(15)12(13(9)16)11(18)7-14(8-17)5-2-6-14/h3-4H,2,5-8,17H2,1H3. The zero-order valence-corrected chi connectivity index (χ0v) is 10.4. The zero-order chi connectivity index (χ0) is 13.3. The van der Waals surface area contributed by atoms with E-state index in [1.54, 1.807) is 0 Å². The van der Waals surface area contributed by atoms with Crippen molar-refractivity contribution in [2.45, 2.75) is 32.6 Å². The van der Waals surface area contributed by atoms with Gasteiger partial charge in [0.05, 0.1) is 5.56 Å². The van der Waals surface area contributed by atoms with Crippen LogP contribution < -0.4 is 5.73 Å². The molecule has 0 unspecified atom stereocenters. The van der Waals surface area contributed by atoms with Crippen LogP contribution in [0.1, 0.15) is 41.6 Å². The van der Waals surface area contributed by atoms with Gasteiger partial charge in [-0.05, 0) is 43.4 Å². The SMILES string of the molecule is Cc1ccc(F)c(C(=O)CC2(CN)CCC2)c1F. The lowest BCUT2D eigenvalue weighted by atomic mass is 9.65. The molecule has 0 amide bonds. The molecular weight excluding hydrogens is 236 g/mol. The molecule has 1 fully saturated rings. The van der Waals surface area contributed by atoms with Gasteiger partial charge in [0.1, 0.15) is 11.6 Å². The second-order valence-corrected chi connectivity index (χ2v) is 5.21. The lowest BCUT2D eigenvalue weighted by Crippen LogP contribution is -2.39. The number of carbonyl (C=O) groups is 1. The Labute approximate surface area is 105 Å². The van der Waals surface area contributed by atoms with Gasteiger partial charge in [-0.2, -0.15) is 0 Å². The van der Waals surface area contributed by atoms with Crippen molar-refractivity contribution in [3.05, 3.63) is 34.9 Å². The summed E-state index contributed by atoms with van der Waals surface area (Å²) in [5, 5.41) is 0. The van der Waals surface area contributed by atoms with E-state index in [1.165, 1.54) is 13.0 Å². The van der Waals surface area contributed by atoms with Crippen LogP contribution in [-0.4, -0.2) is 12.3 Å². The molecule has 0 atom stereocenters. The molecule has 0 radical (unpaired) electrons. The molecule has 1 aromatic carbocycles. The van der Waals surface area contributed by atoms with Gasteiger partial charge >= 0.3 is 0 Å². The summed E-state index contributed by atoms with van der Waals surface area (Å²) in [5.74, 6) is -2.00. The number of aryl methyl sites for hydroxylation is 1. The number of carbonyl (C=O) groups excluding carboxylic acids is 1. The van der Waals surface area contributed by atoms with Gasteiger partial charge in [0.15, 0.2) is 5.78 Å². The molecule has 1 aliphatic carbocycles. The number of Topliss-reactive ketones (excluding diaryl/α,β-unsaturated/α-hetero) is 1. The fourth-order valence-electron chi connectivity index (χ4n) is 2.47. The summed E-state index contributed by atoms with van der Waals surface area (Å²) in [6.07, 6.45) is 2.90. The van der Waals surface area contributed by atoms with Gasteiger partial charge in [0.25, 0.3) is 0 Å². The van der Waals surface area contributed by atoms with Crippen molar-refractivity contribution in [3.8, 4) is 0 Å². The van der Waals surface area contributed by atoms with Crippen LogP contribution >= 0.6 is 0 Å². The van der Waals surface area contributed by atoms with E-state index in [0.717, 1.165) is 25.3 Å². The first-order valence-corrected chi connectivity index (χ1v) is 6.17. The van der Waals surface area contributed by atoms with E-state index in [1.807, 2.05) is 0 Å². The van der Waals surface area contributed by atoms with E-state index in [4.69, 9.17) is 5.73 Å². The third kappa shape index (κ3) is 2.17. The second-order valence-electron chi connectivity index (χ2n) is 5.21. The van der Waals surface area contributed by atoms with E-state index in [-0.39, 0.29) is 17.4 Å². The number of hydrogen-bond donors (Lipinski definition) is 1. The van der Waals surface area contributed by atoms with E-state index in [2.05, 4.69) is 0 Å². The zero-order valence-electron chi connectivity index (χ0n) is 10.4. The molecule has 0 saturated heterocycles. The maximum absolute atomic E-state index is 13.8. The van der Waals surface area contributed by atoms with Crippen LogP contribution in [0.15, 0.2) is 12.1 Å². The number of nitrogens with two attached hydrogens (primary N) is 1. The van der Waals surface area contributed by atoms with Gasteiger partial charge in [-0.3, -0.25) is 4.79 Å². The largest absolute Gasteiger partial charge is 0.330 e. The molecule has 2 nitrogen and oxygen atoms in total. The van der Waals surface area contributed by atoms with Crippen molar-refractivity contribution < 1.29 is 13.6 Å². The number of ketones is 1. The van der Waals surface area contributed by atoms with Crippen molar-refractivity contribution in [1.29, 1.82) is 0 Å². The van der Waals surface area contributed by atoms with Gasteiger partial charge in [0.2, 0.25) is 0 Å². The highest BCUT2D eigenvalue weighted by Crippen LogP contribution is 2.43. The lowest BCUT2D eigenvalue weighted by molar-refractivity contribution is 0.0778. The Morgan fingerprint density at radius 3 is 2.56 bits per heavy atom. The Kier molecular flexibility index (Phi) is 3.48. The van der Waals surface area contributed by atoms with Gasteiger partial charge < -0.3 is 5.73 Å². The number of halogens is 2. The van der Waals surface area contributed by atoms with Crippen LogP contribution in [0.25, 0.3) is 0 Å². The minimum absolute atomic E-state index is 0.140. The highest BCUT2D eigenvalue weighted by molar-refractivity contribution is 5.97. The summed E-state index contributed by atoms with van der Waals surface area (Å²) in [6.45, 7) is 1.92. The maximum Gasteiger partial charge on any atom is 0.169 e. The quantitative estimate of drug-likeness (QED) is 0.838. The van der Waals surface area contributed by atoms with Crippen LogP contribution in [-0.2, 0) is 0 Å². The van der Waals surface area contributed by atoms with Crippen molar-refractivity contribution in [3.63, 3.8) is 0 Å². The van der Waals surface area contributed by atoms with Crippen LogP contribution in [0.3, 0.4) is 0 Å². The minimum Gasteiger partial charge on any atom is -0.330 e. The molecule has 98 valence electrons. The van der Waals surface area contributed by atoms with Gasteiger partial charge in [-0.15, -0.1) is 0 Å². The molecule has 4 heteroatoms. The average molecular weight is 253 g/mol. The smallest absolute Gasteiger partial charge is 0.169 e. The second kappa shape index (κ2) is 4.76. The predicted octanol–water partition coefficient (Wildman–Crippen LogP) is 2.98. The Bertz CT molecular complexity index is 475. The molecule has 1 saturated carbocycles. The van der Waals surface area contributed by atoms with E-state index >= 15 is 0 Å². The molecular formula is C14H17F2NO. The highest BCUT2D eigenvalue weighted by atomic mass is 19.1. The topological polar surface area (TPSA) is 43.1 Å². The van der Waals surface area contributed by atoms with Crippen molar-refractivity contribution in [2.75, 3.05) is 6.54 Å². The summed E-state index contributed by atoms with van der Waals surface area (Å²) in [6, 6.07) is 2.48. The monoisotopic (exact) mass is 253 g/mol. The van der Waals surface area contributed by atoms with Crippen LogP contribution in [0, 0.1) is 24.0 Å². The number of hydrogen-bond acceptors (Lipinski definition) is 2. The fourth-order valence-corrected chi connectivity index (χ4v) is 2.47. The Morgan fingerprint density at radius 1 is 1.39 bits per heavy atom. The van der Waals surface area contributed by atoms with E-state index in [0.29, 0.717) is 6.54 Å². The normalized spacial score (nSPS) is 17.3. The Hall–Kier alpha value is -1.29. The van der Waals surface area contributed by atoms with Crippen LogP contribution in [0.5, 0.6) is 0 Å². The molecule has 0 bridgehead atoms. The molecule has 2 rings (SSSR count). The predicted molar refractivity (Wildman–Crippen MR) is 65.4 cm³/mol. The average Bonchev–Trinajstić information content (AvgIpc) is 2.29. The summed E-state index contributed by atoms with van der Waals surface area (Å²) in [7, 11) is 0. The van der Waals surface area contributed by atoms with Gasteiger partial charge in [-0.1, -0.05) is 12.5 Å². The molecule has 1 aliphatic rings. The third-order valence-electron chi connectivity index (χ3n) is 3.95. The van der Waals surface area contributed by atoms with E-state index in [9.17, 15) is 13.6 Å². The summed E-state index contributed by atoms with van der Waals surface area (Å²) in [4.78, 5) is 12.1. The molecule has 0 aliphatic heterocycles. The van der Waals surface area contributed by atoms with Crippen molar-refractivity contribution in [1.82, 2.24) is 0 Å². The van der Waals surface area contributed by atoms with Crippen LogP contribution in [0.2, 0.25) is 0 Å². The fraction of sp³-hybridized carbons (Fsp3) is 0.500. The first-order chi connectivity index (χ1) is 8.49. The summed E-state index contributed by atoms with van der Waals surface area (Å²) < 4.78 is 27.4. The number of benzene rings is 1. The van der Waals surface area contributed by atoms with Gasteiger partial charge in [0, 0.05) is 6.42 Å². The minimum atomic E-state index is -0.783. The van der Waals surface area contributed by atoms with Crippen LogP contribution in [0.4, 0.5) is 8.78 Å². The number of rotatable bonds is 4. The summed E-state index contributed by atoms with van der Waals surface area (Å²) in [5.41, 5.74) is 5.30. The molecule has 18 heavy (non-hydrogen) atoms. The van der Waals surface area contributed by atoms with Crippen molar-refractivity contribution >= 4 is 5.78 Å². The maximum atomic E-state index is 13.8. The Morgan fingerprint density at radius 2 is 2.06 bits per heavy atom. The third-order valence-corrected chi connectivity index (χ3v) is 3.95. The highest BCUT2D eigenvalue weighted by Gasteiger charge is 2.38. The summed E-state index contributed by atoms with van der Waals surface area (Å²) >= 11 is 0. The molecule has 0 heterocycles. The molecule has 1 aromatic rings.